The van der Waals surface area contributed by atoms with Gasteiger partial charge in [0.05, 0.1) is 67.4 Å². The van der Waals surface area contributed by atoms with E-state index < -0.39 is 24.9 Å². The number of rotatable bonds is 16. The summed E-state index contributed by atoms with van der Waals surface area (Å²) in [7, 11) is 0. The maximum absolute atomic E-state index is 14.0. The molecule has 3 aromatic carbocycles. The minimum Gasteiger partial charge on any atom is -0.444 e. The van der Waals surface area contributed by atoms with Crippen LogP contribution in [0.4, 0.5) is 19.3 Å². The Morgan fingerprint density at radius 1 is 0.786 bits per heavy atom. The Morgan fingerprint density at radius 2 is 1.30 bits per heavy atom. The van der Waals surface area contributed by atoms with Crippen molar-refractivity contribution < 1.29 is 23.0 Å². The van der Waals surface area contributed by atoms with Gasteiger partial charge in [-0.2, -0.15) is 8.78 Å². The van der Waals surface area contributed by atoms with Gasteiger partial charge >= 0.3 is 12.7 Å². The van der Waals surface area contributed by atoms with Gasteiger partial charge in [-0.3, -0.25) is 0 Å². The highest BCUT2D eigenvalue weighted by Crippen LogP contribution is 2.36. The van der Waals surface area contributed by atoms with E-state index in [1.807, 2.05) is 17.6 Å². The smallest absolute Gasteiger partial charge is 0.407 e. The standard InChI is InChI=1S/C41H46Cl4F2N6O3/c1-24(50-41(54)56-30(15-26-8-4-5-9-26)21-53-23-49-36-17-32(43)34(45)19-38(36)53)39(51-28-10-12-29(13-11-28)55-40(46)47)27(14-25-6-2-3-7-25)20-52-22-48-35-16-31(42)33(44)18-37(35)52/h10-13,16-19,22-27,30,39-40,51H,2-9,14-15,20-21H2,1H3,(H,50,54)/t24?,27-,30-,39-/m0/s1. The van der Waals surface area contributed by atoms with Gasteiger partial charge in [0.1, 0.15) is 11.9 Å². The first kappa shape index (κ1) is 40.7. The van der Waals surface area contributed by atoms with E-state index in [4.69, 9.17) is 51.1 Å². The predicted octanol–water partition coefficient (Wildman–Crippen LogP) is 12.0. The van der Waals surface area contributed by atoms with Crippen LogP contribution in [0.3, 0.4) is 0 Å². The molecule has 4 atom stereocenters. The number of fused-ring (bicyclic) bond motifs is 2. The van der Waals surface area contributed by atoms with E-state index >= 15 is 0 Å². The summed E-state index contributed by atoms with van der Waals surface area (Å²) in [5.74, 6) is 1.00. The van der Waals surface area contributed by atoms with Crippen LogP contribution in [0.25, 0.3) is 22.1 Å². The van der Waals surface area contributed by atoms with Crippen LogP contribution in [-0.2, 0) is 17.8 Å². The maximum atomic E-state index is 14.0. The van der Waals surface area contributed by atoms with E-state index in [-0.39, 0.29) is 17.7 Å². The van der Waals surface area contributed by atoms with Crippen LogP contribution in [0.1, 0.15) is 71.1 Å². The molecule has 2 aliphatic rings. The number of amides is 1. The first-order valence-electron chi connectivity index (χ1n) is 19.4. The molecule has 2 fully saturated rings. The zero-order valence-electron chi connectivity index (χ0n) is 31.1. The summed E-state index contributed by atoms with van der Waals surface area (Å²) >= 11 is 25.5. The van der Waals surface area contributed by atoms with Crippen LogP contribution >= 0.6 is 46.4 Å². The van der Waals surface area contributed by atoms with Gasteiger partial charge in [0.25, 0.3) is 0 Å². The average molecular weight is 851 g/mol. The fourth-order valence-electron chi connectivity index (χ4n) is 8.69. The van der Waals surface area contributed by atoms with Gasteiger partial charge in [0, 0.05) is 18.3 Å². The number of hydrogen-bond donors (Lipinski definition) is 2. The van der Waals surface area contributed by atoms with Crippen molar-refractivity contribution in [2.75, 3.05) is 5.32 Å². The molecule has 2 aliphatic carbocycles. The van der Waals surface area contributed by atoms with Crippen LogP contribution in [0.2, 0.25) is 20.1 Å². The number of aromatic nitrogens is 4. The SMILES string of the molecule is CC(NC(=O)O[C@@H](CC1CCCC1)Cn1cnc2cc(Cl)c(Cl)cc21)[C@H](Nc1ccc(OC(F)F)cc1)[C@@H](CC1CCCC1)Cn1cnc2cc(Cl)c(Cl)cc21. The molecule has 0 saturated heterocycles. The summed E-state index contributed by atoms with van der Waals surface area (Å²) in [6, 6.07) is 12.8. The second kappa shape index (κ2) is 18.4. The number of ether oxygens (including phenoxy) is 2. The van der Waals surface area contributed by atoms with Crippen LogP contribution in [-0.4, -0.2) is 50.0 Å². The van der Waals surface area contributed by atoms with Gasteiger partial charge in [0.15, 0.2) is 0 Å². The van der Waals surface area contributed by atoms with Crippen molar-refractivity contribution in [3.63, 3.8) is 0 Å². The summed E-state index contributed by atoms with van der Waals surface area (Å²) in [6.07, 6.45) is 13.3. The molecule has 300 valence electrons. The molecule has 9 nitrogen and oxygen atoms in total. The second-order valence-corrected chi connectivity index (χ2v) is 17.0. The molecule has 0 bridgehead atoms. The molecule has 0 aliphatic heterocycles. The van der Waals surface area contributed by atoms with Gasteiger partial charge in [-0.1, -0.05) is 97.8 Å². The number of nitrogens with one attached hydrogen (secondary N) is 2. The zero-order chi connectivity index (χ0) is 39.3. The first-order valence-corrected chi connectivity index (χ1v) is 20.9. The van der Waals surface area contributed by atoms with Gasteiger partial charge in [-0.25, -0.2) is 14.8 Å². The number of carbonyl (C=O) groups excluding carboxylic acids is 1. The van der Waals surface area contributed by atoms with E-state index in [2.05, 4.69) is 29.9 Å². The lowest BCUT2D eigenvalue weighted by Crippen LogP contribution is -2.50. The summed E-state index contributed by atoms with van der Waals surface area (Å²) in [5, 5.41) is 8.59. The molecule has 56 heavy (non-hydrogen) atoms. The Kier molecular flexibility index (Phi) is 13.4. The van der Waals surface area contributed by atoms with Gasteiger partial charge < -0.3 is 29.2 Å². The largest absolute Gasteiger partial charge is 0.444 e. The monoisotopic (exact) mass is 848 g/mol. The van der Waals surface area contributed by atoms with E-state index in [9.17, 15) is 13.6 Å². The number of alkyl carbamates (subject to hydrolysis) is 1. The van der Waals surface area contributed by atoms with E-state index in [0.717, 1.165) is 55.1 Å². The highest BCUT2D eigenvalue weighted by Gasteiger charge is 2.33. The fraction of sp³-hybridized carbons (Fsp3) is 0.488. The van der Waals surface area contributed by atoms with E-state index in [1.165, 1.54) is 37.8 Å². The summed E-state index contributed by atoms with van der Waals surface area (Å²) in [6.45, 7) is 0.0215. The fourth-order valence-corrected chi connectivity index (χ4v) is 9.33. The molecule has 1 amide bonds. The molecule has 7 rings (SSSR count). The van der Waals surface area contributed by atoms with Crippen LogP contribution in [0, 0.1) is 17.8 Å². The number of carbonyl (C=O) groups is 1. The van der Waals surface area contributed by atoms with Crippen molar-refractivity contribution in [2.24, 2.45) is 17.8 Å². The third-order valence-corrected chi connectivity index (χ3v) is 12.9. The average Bonchev–Trinajstić information content (AvgIpc) is 3.99. The van der Waals surface area contributed by atoms with Crippen LogP contribution in [0.5, 0.6) is 5.75 Å². The number of anilines is 1. The lowest BCUT2D eigenvalue weighted by molar-refractivity contribution is -0.0498. The maximum Gasteiger partial charge on any atom is 0.407 e. The van der Waals surface area contributed by atoms with Crippen molar-refractivity contribution >= 4 is 80.3 Å². The zero-order valence-corrected chi connectivity index (χ0v) is 34.1. The number of nitrogens with zero attached hydrogens (tertiary/aromatic N) is 4. The predicted molar refractivity (Wildman–Crippen MR) is 219 cm³/mol. The molecule has 0 spiro atoms. The van der Waals surface area contributed by atoms with E-state index in [1.54, 1.807) is 43.0 Å². The lowest BCUT2D eigenvalue weighted by atomic mass is 9.84. The van der Waals surface area contributed by atoms with Crippen molar-refractivity contribution in [3.05, 3.63) is 81.3 Å². The quantitative estimate of drug-likeness (QED) is 0.103. The number of alkyl halides is 2. The topological polar surface area (TPSA) is 95.2 Å². The molecular weight excluding hydrogens is 804 g/mol. The van der Waals surface area contributed by atoms with Crippen molar-refractivity contribution in [1.82, 2.24) is 24.4 Å². The molecule has 5 aromatic rings. The summed E-state index contributed by atoms with van der Waals surface area (Å²) in [4.78, 5) is 23.2. The molecule has 1 unspecified atom stereocenters. The van der Waals surface area contributed by atoms with E-state index in [0.29, 0.717) is 56.2 Å². The minimum atomic E-state index is -2.93. The summed E-state index contributed by atoms with van der Waals surface area (Å²) < 4.78 is 40.9. The molecule has 15 heteroatoms. The molecule has 2 saturated carbocycles. The Hall–Kier alpha value is -3.51. The Labute approximate surface area is 345 Å². The first-order chi connectivity index (χ1) is 27.0. The molecule has 0 radical (unpaired) electrons. The van der Waals surface area contributed by atoms with Crippen LogP contribution < -0.4 is 15.4 Å². The highest BCUT2D eigenvalue weighted by atomic mass is 35.5. The normalized spacial score (nSPS) is 17.4. The third kappa shape index (κ3) is 10.1. The highest BCUT2D eigenvalue weighted by molar-refractivity contribution is 6.43. The summed E-state index contributed by atoms with van der Waals surface area (Å²) in [5.41, 5.74) is 3.81. The van der Waals surface area contributed by atoms with Gasteiger partial charge in [-0.05, 0) is 86.1 Å². The van der Waals surface area contributed by atoms with Gasteiger partial charge in [0.2, 0.25) is 0 Å². The third-order valence-electron chi connectivity index (χ3n) is 11.4. The Bertz CT molecular complexity index is 2100. The Balaban J connectivity index is 1.15. The molecule has 2 N–H and O–H groups in total. The lowest BCUT2D eigenvalue weighted by Gasteiger charge is -2.36. The van der Waals surface area contributed by atoms with Crippen LogP contribution in [0.15, 0.2) is 61.2 Å². The second-order valence-electron chi connectivity index (χ2n) is 15.4. The number of benzene rings is 3. The van der Waals surface area contributed by atoms with Crippen molar-refractivity contribution in [1.29, 1.82) is 0 Å². The molecular formula is C41H46Cl4F2N6O3. The minimum absolute atomic E-state index is 0.0135. The number of imidazole rings is 2. The number of hydrogen-bond acceptors (Lipinski definition) is 6. The molecule has 2 heterocycles. The Morgan fingerprint density at radius 3 is 1.86 bits per heavy atom. The number of halogens is 6. The molecule has 2 aromatic heterocycles. The van der Waals surface area contributed by atoms with Crippen molar-refractivity contribution in [2.45, 2.75) is 109 Å². The van der Waals surface area contributed by atoms with Gasteiger partial charge in [-0.15, -0.1) is 0 Å². The van der Waals surface area contributed by atoms with Crippen molar-refractivity contribution in [3.8, 4) is 5.75 Å².